The van der Waals surface area contributed by atoms with E-state index >= 15 is 0 Å². The molecule has 0 radical (unpaired) electrons. The number of aromatic carboxylic acids is 1. The molecule has 1 amide bonds. The van der Waals surface area contributed by atoms with Crippen LogP contribution in [0.5, 0.6) is 5.75 Å². The summed E-state index contributed by atoms with van der Waals surface area (Å²) in [6.07, 6.45) is 0.581. The smallest absolute Gasteiger partial charge is 0.410 e. The largest absolute Gasteiger partial charge is 0.493 e. The molecule has 1 aromatic carbocycles. The predicted octanol–water partition coefficient (Wildman–Crippen LogP) is 3.33. The number of hydrogen-bond donors (Lipinski definition) is 1. The number of rotatable bonds is 4. The second-order valence-electron chi connectivity index (χ2n) is 7.17. The molecule has 2 rings (SSSR count). The third kappa shape index (κ3) is 4.88. The highest BCUT2D eigenvalue weighted by Gasteiger charge is 2.30. The van der Waals surface area contributed by atoms with Gasteiger partial charge in [0.1, 0.15) is 11.4 Å². The van der Waals surface area contributed by atoms with E-state index in [0.717, 1.165) is 6.42 Å². The normalized spacial score (nSPS) is 17.7. The Hall–Kier alpha value is -2.24. The van der Waals surface area contributed by atoms with Crippen molar-refractivity contribution in [2.45, 2.75) is 39.7 Å². The summed E-state index contributed by atoms with van der Waals surface area (Å²) in [6, 6.07) is 4.94. The van der Waals surface area contributed by atoms with Gasteiger partial charge in [-0.15, -0.1) is 0 Å². The van der Waals surface area contributed by atoms with Crippen LogP contribution < -0.4 is 4.74 Å². The average molecular weight is 335 g/mol. The van der Waals surface area contributed by atoms with Crippen LogP contribution in [0.15, 0.2) is 18.2 Å². The van der Waals surface area contributed by atoms with Gasteiger partial charge in [-0.2, -0.15) is 0 Å². The highest BCUT2D eigenvalue weighted by Crippen LogP contribution is 2.22. The molecular formula is C18H25NO5. The van der Waals surface area contributed by atoms with Crippen LogP contribution in [0.3, 0.4) is 0 Å². The molecule has 1 aliphatic heterocycles. The second-order valence-corrected chi connectivity index (χ2v) is 7.17. The van der Waals surface area contributed by atoms with Crippen molar-refractivity contribution in [1.82, 2.24) is 4.90 Å². The molecule has 132 valence electrons. The van der Waals surface area contributed by atoms with Crippen molar-refractivity contribution < 1.29 is 24.2 Å². The first-order chi connectivity index (χ1) is 11.2. The van der Waals surface area contributed by atoms with Crippen molar-refractivity contribution in [2.75, 3.05) is 19.7 Å². The number of carbonyl (C=O) groups excluding carboxylic acids is 1. The number of ether oxygens (including phenoxy) is 2. The van der Waals surface area contributed by atoms with Gasteiger partial charge in [-0.05, 0) is 57.9 Å². The summed E-state index contributed by atoms with van der Waals surface area (Å²) in [5.74, 6) is -0.0481. The lowest BCUT2D eigenvalue weighted by atomic mass is 10.1. The van der Waals surface area contributed by atoms with E-state index in [0.29, 0.717) is 31.0 Å². The van der Waals surface area contributed by atoms with Crippen molar-refractivity contribution in [3.8, 4) is 5.75 Å². The number of carboxylic acid groups (broad SMARTS) is 1. The number of carboxylic acids is 1. The molecule has 0 bridgehead atoms. The Kier molecular flexibility index (Phi) is 5.36. The van der Waals surface area contributed by atoms with Crippen LogP contribution in [0.2, 0.25) is 0 Å². The Bertz CT molecular complexity index is 620. The van der Waals surface area contributed by atoms with Crippen molar-refractivity contribution in [2.24, 2.45) is 5.92 Å². The van der Waals surface area contributed by atoms with Gasteiger partial charge in [0.2, 0.25) is 0 Å². The topological polar surface area (TPSA) is 76.1 Å². The van der Waals surface area contributed by atoms with Crippen LogP contribution in [0.25, 0.3) is 0 Å². The molecule has 0 aliphatic carbocycles. The maximum atomic E-state index is 12.0. The predicted molar refractivity (Wildman–Crippen MR) is 89.5 cm³/mol. The average Bonchev–Trinajstić information content (AvgIpc) is 2.92. The van der Waals surface area contributed by atoms with E-state index in [9.17, 15) is 9.59 Å². The first kappa shape index (κ1) is 18.1. The van der Waals surface area contributed by atoms with Gasteiger partial charge in [0, 0.05) is 19.0 Å². The number of hydrogen-bond acceptors (Lipinski definition) is 4. The minimum Gasteiger partial charge on any atom is -0.493 e. The van der Waals surface area contributed by atoms with E-state index in [2.05, 4.69) is 0 Å². The van der Waals surface area contributed by atoms with Crippen molar-refractivity contribution >= 4 is 12.1 Å². The molecule has 24 heavy (non-hydrogen) atoms. The fourth-order valence-electron chi connectivity index (χ4n) is 2.64. The number of amides is 1. The van der Waals surface area contributed by atoms with Crippen LogP contribution in [-0.2, 0) is 4.74 Å². The zero-order valence-corrected chi connectivity index (χ0v) is 14.7. The molecule has 6 heteroatoms. The number of likely N-dealkylation sites (tertiary alicyclic amines) is 1. The highest BCUT2D eigenvalue weighted by atomic mass is 16.6. The van der Waals surface area contributed by atoms with E-state index in [1.165, 1.54) is 0 Å². The van der Waals surface area contributed by atoms with Gasteiger partial charge in [0.15, 0.2) is 0 Å². The molecule has 0 saturated carbocycles. The van der Waals surface area contributed by atoms with E-state index in [-0.39, 0.29) is 17.6 Å². The van der Waals surface area contributed by atoms with Crippen molar-refractivity contribution in [1.29, 1.82) is 0 Å². The Morgan fingerprint density at radius 1 is 1.33 bits per heavy atom. The summed E-state index contributed by atoms with van der Waals surface area (Å²) in [7, 11) is 0. The molecule has 6 nitrogen and oxygen atoms in total. The lowest BCUT2D eigenvalue weighted by molar-refractivity contribution is 0.0284. The van der Waals surface area contributed by atoms with Gasteiger partial charge in [-0.25, -0.2) is 9.59 Å². The molecule has 1 aliphatic rings. The van der Waals surface area contributed by atoms with Gasteiger partial charge in [-0.3, -0.25) is 0 Å². The highest BCUT2D eigenvalue weighted by molar-refractivity contribution is 5.89. The van der Waals surface area contributed by atoms with Crippen LogP contribution in [0.4, 0.5) is 4.79 Å². The van der Waals surface area contributed by atoms with E-state index in [4.69, 9.17) is 14.6 Å². The Balaban J connectivity index is 1.85. The quantitative estimate of drug-likeness (QED) is 0.913. The summed E-state index contributed by atoms with van der Waals surface area (Å²) in [6.45, 7) is 9.07. The van der Waals surface area contributed by atoms with E-state index in [1.54, 1.807) is 30.0 Å². The van der Waals surface area contributed by atoms with Crippen molar-refractivity contribution in [3.63, 3.8) is 0 Å². The van der Waals surface area contributed by atoms with Gasteiger partial charge >= 0.3 is 12.1 Å². The standard InChI is InChI=1S/C18H25NO5/c1-12-9-14(5-6-15(12)16(20)21)23-11-13-7-8-19(10-13)17(22)24-18(2,3)4/h5-6,9,13H,7-8,10-11H2,1-4H3,(H,20,21)/t13-/m1/s1. The number of nitrogens with zero attached hydrogens (tertiary/aromatic N) is 1. The van der Waals surface area contributed by atoms with E-state index in [1.807, 2.05) is 20.8 Å². The lowest BCUT2D eigenvalue weighted by Gasteiger charge is -2.24. The minimum absolute atomic E-state index is 0.247. The lowest BCUT2D eigenvalue weighted by Crippen LogP contribution is -2.35. The molecule has 1 fully saturated rings. The van der Waals surface area contributed by atoms with Gasteiger partial charge in [0.25, 0.3) is 0 Å². The van der Waals surface area contributed by atoms with Crippen LogP contribution in [-0.4, -0.2) is 47.4 Å². The van der Waals surface area contributed by atoms with Gasteiger partial charge < -0.3 is 19.5 Å². The third-order valence-electron chi connectivity index (χ3n) is 3.85. The van der Waals surface area contributed by atoms with Crippen LogP contribution in [0.1, 0.15) is 43.1 Å². The molecule has 0 unspecified atom stereocenters. The number of benzene rings is 1. The van der Waals surface area contributed by atoms with E-state index < -0.39 is 11.6 Å². The first-order valence-corrected chi connectivity index (χ1v) is 8.10. The number of carbonyl (C=O) groups is 2. The third-order valence-corrected chi connectivity index (χ3v) is 3.85. The zero-order chi connectivity index (χ0) is 17.9. The van der Waals surface area contributed by atoms with Crippen LogP contribution in [0, 0.1) is 12.8 Å². The Morgan fingerprint density at radius 3 is 2.62 bits per heavy atom. The number of aryl methyl sites for hydroxylation is 1. The summed E-state index contributed by atoms with van der Waals surface area (Å²) < 4.78 is 11.1. The maximum Gasteiger partial charge on any atom is 0.410 e. The minimum atomic E-state index is -0.942. The Labute approximate surface area is 142 Å². The molecular weight excluding hydrogens is 310 g/mol. The Morgan fingerprint density at radius 2 is 2.04 bits per heavy atom. The van der Waals surface area contributed by atoms with Crippen molar-refractivity contribution in [3.05, 3.63) is 29.3 Å². The summed E-state index contributed by atoms with van der Waals surface area (Å²) in [5.41, 5.74) is 0.454. The molecule has 1 atom stereocenters. The fourth-order valence-corrected chi connectivity index (χ4v) is 2.64. The van der Waals surface area contributed by atoms with Gasteiger partial charge in [0.05, 0.1) is 12.2 Å². The first-order valence-electron chi connectivity index (χ1n) is 8.10. The van der Waals surface area contributed by atoms with Crippen LogP contribution >= 0.6 is 0 Å². The SMILES string of the molecule is Cc1cc(OC[C@@H]2CCN(C(=O)OC(C)(C)C)C2)ccc1C(=O)O. The monoisotopic (exact) mass is 335 g/mol. The molecule has 0 aromatic heterocycles. The fraction of sp³-hybridized carbons (Fsp3) is 0.556. The van der Waals surface area contributed by atoms with Gasteiger partial charge in [-0.1, -0.05) is 0 Å². The molecule has 1 heterocycles. The molecule has 1 N–H and O–H groups in total. The molecule has 1 aromatic rings. The summed E-state index contributed by atoms with van der Waals surface area (Å²) >= 11 is 0. The molecule has 1 saturated heterocycles. The maximum absolute atomic E-state index is 12.0. The zero-order valence-electron chi connectivity index (χ0n) is 14.7. The summed E-state index contributed by atoms with van der Waals surface area (Å²) in [5, 5.41) is 9.03. The second kappa shape index (κ2) is 7.11. The molecule has 0 spiro atoms. The summed E-state index contributed by atoms with van der Waals surface area (Å²) in [4.78, 5) is 24.7.